The van der Waals surface area contributed by atoms with Gasteiger partial charge in [-0.05, 0) is 31.7 Å². The van der Waals surface area contributed by atoms with Gasteiger partial charge in [-0.2, -0.15) is 5.10 Å². The van der Waals surface area contributed by atoms with Crippen molar-refractivity contribution in [1.29, 1.82) is 0 Å². The third-order valence-electron chi connectivity index (χ3n) is 3.49. The number of hydrogen-bond donors (Lipinski definition) is 1. The van der Waals surface area contributed by atoms with Crippen molar-refractivity contribution in [2.45, 2.75) is 25.8 Å². The first-order chi connectivity index (χ1) is 9.55. The minimum absolute atomic E-state index is 0.104. The van der Waals surface area contributed by atoms with Crippen LogP contribution in [-0.2, 0) is 19.9 Å². The van der Waals surface area contributed by atoms with E-state index in [2.05, 4.69) is 23.4 Å². The minimum atomic E-state index is -0.283. The van der Waals surface area contributed by atoms with Crippen LogP contribution in [0.1, 0.15) is 29.9 Å². The molecule has 20 heavy (non-hydrogen) atoms. The van der Waals surface area contributed by atoms with Gasteiger partial charge in [-0.3, -0.25) is 4.68 Å². The lowest BCUT2D eigenvalue weighted by Gasteiger charge is -2.17. The van der Waals surface area contributed by atoms with E-state index in [0.29, 0.717) is 17.0 Å². The van der Waals surface area contributed by atoms with E-state index in [1.807, 2.05) is 18.8 Å². The lowest BCUT2D eigenvalue weighted by Crippen LogP contribution is -2.21. The summed E-state index contributed by atoms with van der Waals surface area (Å²) in [5.74, 6) is -0.283. The lowest BCUT2D eigenvalue weighted by atomic mass is 10.0. The van der Waals surface area contributed by atoms with Crippen molar-refractivity contribution in [2.75, 3.05) is 7.05 Å². The molecule has 2 rings (SSSR count). The Bertz CT molecular complexity index is 595. The Morgan fingerprint density at radius 2 is 2.15 bits per heavy atom. The summed E-state index contributed by atoms with van der Waals surface area (Å²) in [5, 5.41) is 7.99. The van der Waals surface area contributed by atoms with Gasteiger partial charge in [-0.1, -0.05) is 24.6 Å². The molecule has 0 saturated heterocycles. The average molecular weight is 296 g/mol. The molecular weight excluding hydrogens is 277 g/mol. The van der Waals surface area contributed by atoms with E-state index in [-0.39, 0.29) is 11.9 Å². The number of hydrogen-bond acceptors (Lipinski definition) is 2. The fourth-order valence-electron chi connectivity index (χ4n) is 2.30. The molecule has 1 unspecified atom stereocenters. The number of rotatable bonds is 5. The van der Waals surface area contributed by atoms with E-state index in [4.69, 9.17) is 11.6 Å². The molecule has 0 bridgehead atoms. The summed E-state index contributed by atoms with van der Waals surface area (Å²) in [4.78, 5) is 0. The number of aromatic nitrogens is 2. The van der Waals surface area contributed by atoms with Crippen LogP contribution >= 0.6 is 11.6 Å². The Hall–Kier alpha value is -1.39. The van der Waals surface area contributed by atoms with Gasteiger partial charge in [0.25, 0.3) is 0 Å². The van der Waals surface area contributed by atoms with Crippen LogP contribution in [-0.4, -0.2) is 16.8 Å². The third-order valence-corrected chi connectivity index (χ3v) is 3.72. The van der Waals surface area contributed by atoms with Crippen molar-refractivity contribution in [2.24, 2.45) is 7.05 Å². The summed E-state index contributed by atoms with van der Waals surface area (Å²) < 4.78 is 15.9. The van der Waals surface area contributed by atoms with Crippen molar-refractivity contribution in [3.8, 4) is 0 Å². The highest BCUT2D eigenvalue weighted by molar-refractivity contribution is 6.30. The van der Waals surface area contributed by atoms with E-state index in [0.717, 1.165) is 17.8 Å². The topological polar surface area (TPSA) is 29.9 Å². The molecule has 0 aliphatic heterocycles. The number of nitrogens with one attached hydrogen (secondary N) is 1. The van der Waals surface area contributed by atoms with Gasteiger partial charge >= 0.3 is 0 Å². The van der Waals surface area contributed by atoms with Gasteiger partial charge in [0.1, 0.15) is 5.82 Å². The van der Waals surface area contributed by atoms with Crippen LogP contribution in [0.25, 0.3) is 0 Å². The van der Waals surface area contributed by atoms with Crippen LogP contribution in [0.15, 0.2) is 24.3 Å². The number of halogens is 2. The molecule has 0 amide bonds. The highest BCUT2D eigenvalue weighted by Crippen LogP contribution is 2.24. The second-order valence-electron chi connectivity index (χ2n) is 4.82. The van der Waals surface area contributed by atoms with E-state index in [1.165, 1.54) is 6.07 Å². The molecule has 5 heteroatoms. The zero-order valence-electron chi connectivity index (χ0n) is 12.0. The largest absolute Gasteiger partial charge is 0.313 e. The Balaban J connectivity index is 2.26. The molecule has 3 nitrogen and oxygen atoms in total. The minimum Gasteiger partial charge on any atom is -0.313 e. The number of benzene rings is 1. The Labute approximate surface area is 123 Å². The Morgan fingerprint density at radius 3 is 2.70 bits per heavy atom. The van der Waals surface area contributed by atoms with Crippen molar-refractivity contribution in [1.82, 2.24) is 15.1 Å². The fourth-order valence-corrected chi connectivity index (χ4v) is 2.45. The quantitative estimate of drug-likeness (QED) is 0.917. The molecule has 1 N–H and O–H groups in total. The van der Waals surface area contributed by atoms with Gasteiger partial charge in [-0.15, -0.1) is 0 Å². The maximum absolute atomic E-state index is 14.0. The van der Waals surface area contributed by atoms with E-state index >= 15 is 0 Å². The molecule has 0 fully saturated rings. The first kappa shape index (κ1) is 15.0. The van der Waals surface area contributed by atoms with Gasteiger partial charge in [0.05, 0.1) is 5.69 Å². The second kappa shape index (κ2) is 6.37. The van der Waals surface area contributed by atoms with Crippen LogP contribution in [0.3, 0.4) is 0 Å². The third kappa shape index (κ3) is 3.19. The standard InChI is InChI=1S/C15H19ClFN3/c1-4-11-8-12(20(3)19-11)9-15(18-2)13-6-5-10(16)7-14(13)17/h5-8,15,18H,4,9H2,1-3H3. The zero-order valence-corrected chi connectivity index (χ0v) is 12.7. The maximum Gasteiger partial charge on any atom is 0.129 e. The number of nitrogens with zero attached hydrogens (tertiary/aromatic N) is 2. The molecule has 108 valence electrons. The highest BCUT2D eigenvalue weighted by Gasteiger charge is 2.17. The number of aryl methyl sites for hydroxylation is 2. The van der Waals surface area contributed by atoms with Crippen LogP contribution in [0, 0.1) is 5.82 Å². The number of likely N-dealkylation sites (N-methyl/N-ethyl adjacent to an activating group) is 1. The van der Waals surface area contributed by atoms with Gasteiger partial charge in [-0.25, -0.2) is 4.39 Å². The van der Waals surface area contributed by atoms with E-state index in [1.54, 1.807) is 12.1 Å². The molecular formula is C15H19ClFN3. The van der Waals surface area contributed by atoms with Crippen molar-refractivity contribution in [3.05, 3.63) is 52.1 Å². The summed E-state index contributed by atoms with van der Waals surface area (Å²) in [6.45, 7) is 2.07. The van der Waals surface area contributed by atoms with Gasteiger partial charge < -0.3 is 5.32 Å². The molecule has 1 atom stereocenters. The van der Waals surface area contributed by atoms with Crippen LogP contribution in [0.2, 0.25) is 5.02 Å². The summed E-state index contributed by atoms with van der Waals surface area (Å²) in [7, 11) is 3.75. The summed E-state index contributed by atoms with van der Waals surface area (Å²) in [6.07, 6.45) is 1.58. The molecule has 0 saturated carbocycles. The molecule has 0 aliphatic rings. The summed E-state index contributed by atoms with van der Waals surface area (Å²) in [5.41, 5.74) is 2.75. The zero-order chi connectivity index (χ0) is 14.7. The SMILES string of the molecule is CCc1cc(CC(NC)c2ccc(Cl)cc2F)n(C)n1. The first-order valence-electron chi connectivity index (χ1n) is 6.69. The smallest absolute Gasteiger partial charge is 0.129 e. The van der Waals surface area contributed by atoms with Crippen molar-refractivity contribution in [3.63, 3.8) is 0 Å². The Kier molecular flexibility index (Phi) is 4.78. The monoisotopic (exact) mass is 295 g/mol. The van der Waals surface area contributed by atoms with Gasteiger partial charge in [0.15, 0.2) is 0 Å². The molecule has 0 aliphatic carbocycles. The van der Waals surface area contributed by atoms with Crippen LogP contribution in [0.4, 0.5) is 4.39 Å². The molecule has 0 radical (unpaired) electrons. The molecule has 2 aromatic rings. The molecule has 1 aromatic carbocycles. The predicted octanol–water partition coefficient (Wildman–Crippen LogP) is 3.28. The maximum atomic E-state index is 14.0. The second-order valence-corrected chi connectivity index (χ2v) is 5.25. The first-order valence-corrected chi connectivity index (χ1v) is 7.07. The summed E-state index contributed by atoms with van der Waals surface area (Å²) >= 11 is 5.80. The van der Waals surface area contributed by atoms with Crippen LogP contribution < -0.4 is 5.32 Å². The van der Waals surface area contributed by atoms with Gasteiger partial charge in [0.2, 0.25) is 0 Å². The van der Waals surface area contributed by atoms with E-state index in [9.17, 15) is 4.39 Å². The lowest BCUT2D eigenvalue weighted by molar-refractivity contribution is 0.519. The molecule has 1 aromatic heterocycles. The predicted molar refractivity (Wildman–Crippen MR) is 79.5 cm³/mol. The van der Waals surface area contributed by atoms with Crippen LogP contribution in [0.5, 0.6) is 0 Å². The Morgan fingerprint density at radius 1 is 1.40 bits per heavy atom. The van der Waals surface area contributed by atoms with Gasteiger partial charge in [0, 0.05) is 35.8 Å². The molecule has 0 spiro atoms. The fraction of sp³-hybridized carbons (Fsp3) is 0.400. The molecule has 1 heterocycles. The van der Waals surface area contributed by atoms with Crippen molar-refractivity contribution < 1.29 is 4.39 Å². The van der Waals surface area contributed by atoms with Crippen molar-refractivity contribution >= 4 is 11.6 Å². The average Bonchev–Trinajstić information content (AvgIpc) is 2.77. The normalized spacial score (nSPS) is 12.7. The highest BCUT2D eigenvalue weighted by atomic mass is 35.5. The summed E-state index contributed by atoms with van der Waals surface area (Å²) in [6, 6.07) is 6.76. The van der Waals surface area contributed by atoms with E-state index < -0.39 is 0 Å².